The van der Waals surface area contributed by atoms with Gasteiger partial charge in [-0.05, 0) is 31.0 Å². The van der Waals surface area contributed by atoms with Gasteiger partial charge in [-0.1, -0.05) is 26.0 Å². The number of nitrogens with zero attached hydrogens (tertiary/aromatic N) is 2. The van der Waals surface area contributed by atoms with Crippen molar-refractivity contribution in [3.8, 4) is 5.75 Å². The fourth-order valence-electron chi connectivity index (χ4n) is 4.09. The first-order chi connectivity index (χ1) is 13.7. The van der Waals surface area contributed by atoms with Crippen LogP contribution in [0.4, 0.5) is 4.39 Å². The Bertz CT molecular complexity index is 968. The minimum absolute atomic E-state index is 0.0387. The van der Waals surface area contributed by atoms with Crippen molar-refractivity contribution in [3.63, 3.8) is 0 Å². The number of methoxy groups -OCH3 is 1. The highest BCUT2D eigenvalue weighted by Crippen LogP contribution is 2.46. The number of aliphatic hydroxyl groups is 1. The van der Waals surface area contributed by atoms with E-state index in [4.69, 9.17) is 9.47 Å². The number of alkyl halides is 1. The van der Waals surface area contributed by atoms with Crippen LogP contribution in [0.3, 0.4) is 0 Å². The Labute approximate surface area is 168 Å². The van der Waals surface area contributed by atoms with Crippen molar-refractivity contribution in [1.82, 2.24) is 9.13 Å². The molecule has 1 aliphatic rings. The number of benzene rings is 1. The monoisotopic (exact) mass is 406 g/mol. The van der Waals surface area contributed by atoms with Crippen molar-refractivity contribution in [2.45, 2.75) is 57.8 Å². The van der Waals surface area contributed by atoms with Gasteiger partial charge in [0.1, 0.15) is 11.4 Å². The molecule has 29 heavy (non-hydrogen) atoms. The first-order valence-electron chi connectivity index (χ1n) is 9.70. The summed E-state index contributed by atoms with van der Waals surface area (Å²) in [6, 6.07) is 8.20. The second kappa shape index (κ2) is 8.12. The minimum atomic E-state index is -1.51. The molecule has 7 nitrogen and oxygen atoms in total. The molecule has 1 fully saturated rings. The maximum absolute atomic E-state index is 15.1. The summed E-state index contributed by atoms with van der Waals surface area (Å²) >= 11 is 0. The molecule has 0 bridgehead atoms. The van der Waals surface area contributed by atoms with Crippen LogP contribution >= 0.6 is 0 Å². The van der Waals surface area contributed by atoms with Crippen LogP contribution in [-0.4, -0.2) is 39.2 Å². The second-order valence-corrected chi connectivity index (χ2v) is 7.50. The Balaban J connectivity index is 1.98. The van der Waals surface area contributed by atoms with Gasteiger partial charge in [0.05, 0.1) is 19.8 Å². The summed E-state index contributed by atoms with van der Waals surface area (Å²) in [5.74, 6) is 0.0422. The number of rotatable bonds is 6. The molecule has 0 saturated carbocycles. The normalized spacial score (nSPS) is 27.7. The molecular formula is C21H27FN2O5. The maximum Gasteiger partial charge on any atom is 0.333 e. The highest BCUT2D eigenvalue weighted by molar-refractivity contribution is 5.27. The Morgan fingerprint density at radius 2 is 1.93 bits per heavy atom. The summed E-state index contributed by atoms with van der Waals surface area (Å²) in [6.45, 7) is 5.07. The Kier molecular flexibility index (Phi) is 5.95. The van der Waals surface area contributed by atoms with Gasteiger partial charge >= 0.3 is 5.69 Å². The van der Waals surface area contributed by atoms with Crippen LogP contribution in [-0.2, 0) is 11.3 Å². The van der Waals surface area contributed by atoms with Crippen LogP contribution in [0.1, 0.15) is 39.0 Å². The Morgan fingerprint density at radius 1 is 1.28 bits per heavy atom. The van der Waals surface area contributed by atoms with Crippen LogP contribution < -0.4 is 16.0 Å². The van der Waals surface area contributed by atoms with E-state index in [1.54, 1.807) is 45.2 Å². The molecule has 0 aliphatic carbocycles. The van der Waals surface area contributed by atoms with Crippen molar-refractivity contribution in [1.29, 1.82) is 0 Å². The molecule has 0 radical (unpaired) electrons. The number of ether oxygens (including phenoxy) is 2. The van der Waals surface area contributed by atoms with Gasteiger partial charge in [0.25, 0.3) is 5.56 Å². The van der Waals surface area contributed by atoms with E-state index in [9.17, 15) is 14.7 Å². The average Bonchev–Trinajstić information content (AvgIpc) is 2.97. The lowest BCUT2D eigenvalue weighted by Crippen LogP contribution is -2.45. The molecule has 2 heterocycles. The van der Waals surface area contributed by atoms with Crippen molar-refractivity contribution < 1.29 is 19.0 Å². The molecule has 8 heteroatoms. The van der Waals surface area contributed by atoms with Crippen LogP contribution in [0, 0.1) is 5.92 Å². The van der Waals surface area contributed by atoms with Gasteiger partial charge in [0, 0.05) is 18.2 Å². The number of aromatic nitrogens is 2. The zero-order valence-corrected chi connectivity index (χ0v) is 17.0. The minimum Gasteiger partial charge on any atom is -0.497 e. The predicted molar refractivity (Wildman–Crippen MR) is 106 cm³/mol. The quantitative estimate of drug-likeness (QED) is 0.795. The van der Waals surface area contributed by atoms with Gasteiger partial charge in [-0.15, -0.1) is 0 Å². The maximum atomic E-state index is 15.1. The predicted octanol–water partition coefficient (Wildman–Crippen LogP) is 2.10. The molecule has 158 valence electrons. The second-order valence-electron chi connectivity index (χ2n) is 7.50. The van der Waals surface area contributed by atoms with Gasteiger partial charge in [-0.2, -0.15) is 0 Å². The van der Waals surface area contributed by atoms with Crippen molar-refractivity contribution in [3.05, 3.63) is 62.9 Å². The molecule has 1 aliphatic heterocycles. The highest BCUT2D eigenvalue weighted by atomic mass is 19.1. The molecule has 3 rings (SSSR count). The third-order valence-electron chi connectivity index (χ3n) is 5.99. The number of halogens is 1. The van der Waals surface area contributed by atoms with Crippen molar-refractivity contribution >= 4 is 0 Å². The molecule has 0 unspecified atom stereocenters. The van der Waals surface area contributed by atoms with Crippen LogP contribution in [0.2, 0.25) is 0 Å². The van der Waals surface area contributed by atoms with E-state index in [-0.39, 0.29) is 6.54 Å². The summed E-state index contributed by atoms with van der Waals surface area (Å²) in [5.41, 5.74) is -1.51. The van der Waals surface area contributed by atoms with E-state index in [2.05, 4.69) is 0 Å². The van der Waals surface area contributed by atoms with Crippen molar-refractivity contribution in [2.24, 2.45) is 5.92 Å². The largest absolute Gasteiger partial charge is 0.497 e. The molecule has 1 N–H and O–H groups in total. The third kappa shape index (κ3) is 3.62. The molecule has 0 amide bonds. The molecular weight excluding hydrogens is 379 g/mol. The number of hydrogen-bond donors (Lipinski definition) is 1. The molecule has 1 saturated heterocycles. The van der Waals surface area contributed by atoms with E-state index in [1.165, 1.54) is 12.3 Å². The third-order valence-corrected chi connectivity index (χ3v) is 5.99. The van der Waals surface area contributed by atoms with Gasteiger partial charge in [-0.25, -0.2) is 9.18 Å². The van der Waals surface area contributed by atoms with Crippen LogP contribution in [0.5, 0.6) is 5.75 Å². The smallest absolute Gasteiger partial charge is 0.333 e. The zero-order valence-electron chi connectivity index (χ0n) is 17.0. The van der Waals surface area contributed by atoms with Gasteiger partial charge in [-0.3, -0.25) is 13.9 Å². The average molecular weight is 406 g/mol. The van der Waals surface area contributed by atoms with E-state index in [1.807, 2.05) is 6.92 Å². The first-order valence-corrected chi connectivity index (χ1v) is 9.70. The highest BCUT2D eigenvalue weighted by Gasteiger charge is 2.55. The van der Waals surface area contributed by atoms with Gasteiger partial charge in [0.15, 0.2) is 12.4 Å². The summed E-state index contributed by atoms with van der Waals surface area (Å²) in [7, 11) is 1.55. The van der Waals surface area contributed by atoms with E-state index in [0.717, 1.165) is 14.7 Å². The molecule has 5 atom stereocenters. The van der Waals surface area contributed by atoms with Crippen LogP contribution in [0.25, 0.3) is 0 Å². The SMILES string of the molecule is CC[C@@]1([C@@H](C)O)O[C@@H](n2ccc(=O)n(Cc3ccc(OC)cc3)c2=O)[C@H](F)[C@@H]1C. The Hall–Kier alpha value is -2.45. The number of aliphatic hydroxyl groups excluding tert-OH is 1. The van der Waals surface area contributed by atoms with Crippen LogP contribution in [0.15, 0.2) is 46.1 Å². The lowest BCUT2D eigenvalue weighted by Gasteiger charge is -2.34. The first kappa shape index (κ1) is 21.3. The standard InChI is InChI=1S/C21H27FN2O5/c1-5-21(14(3)25)13(2)18(22)19(29-21)23-11-10-17(26)24(20(23)27)12-15-6-8-16(28-4)9-7-15/h6-11,13-14,18-19,25H,5,12H2,1-4H3/t13-,14+,18+,19+,21+/m0/s1. The topological polar surface area (TPSA) is 82.7 Å². The molecule has 1 aromatic carbocycles. The molecule has 0 spiro atoms. The summed E-state index contributed by atoms with van der Waals surface area (Å²) < 4.78 is 28.3. The Morgan fingerprint density at radius 3 is 2.45 bits per heavy atom. The van der Waals surface area contributed by atoms with Gasteiger partial charge < -0.3 is 14.6 Å². The van der Waals surface area contributed by atoms with Crippen molar-refractivity contribution in [2.75, 3.05) is 7.11 Å². The summed E-state index contributed by atoms with van der Waals surface area (Å²) in [6.07, 6.45) is -1.98. The fourth-order valence-corrected chi connectivity index (χ4v) is 4.09. The fraction of sp³-hybridized carbons (Fsp3) is 0.524. The van der Waals surface area contributed by atoms with E-state index >= 15 is 4.39 Å². The molecule has 2 aromatic rings. The summed E-state index contributed by atoms with van der Waals surface area (Å²) in [5, 5.41) is 10.2. The lowest BCUT2D eigenvalue weighted by molar-refractivity contribution is -0.146. The number of hydrogen-bond acceptors (Lipinski definition) is 5. The lowest BCUT2D eigenvalue weighted by atomic mass is 9.81. The summed E-state index contributed by atoms with van der Waals surface area (Å²) in [4.78, 5) is 25.3. The van der Waals surface area contributed by atoms with E-state index < -0.39 is 41.3 Å². The molecule has 1 aromatic heterocycles. The van der Waals surface area contributed by atoms with Gasteiger partial charge in [0.2, 0.25) is 0 Å². The zero-order chi connectivity index (χ0) is 21.3. The van der Waals surface area contributed by atoms with E-state index in [0.29, 0.717) is 12.2 Å².